The Balaban J connectivity index is 1.56. The van der Waals surface area contributed by atoms with E-state index >= 15 is 0 Å². The van der Waals surface area contributed by atoms with Gasteiger partial charge in [-0.1, -0.05) is 48.2 Å². The van der Waals surface area contributed by atoms with Gasteiger partial charge in [-0.05, 0) is 37.1 Å². The summed E-state index contributed by atoms with van der Waals surface area (Å²) in [6, 6.07) is 16.0. The fourth-order valence-electron chi connectivity index (χ4n) is 3.86. The number of rotatable bonds is 7. The van der Waals surface area contributed by atoms with Crippen molar-refractivity contribution in [3.63, 3.8) is 0 Å². The van der Waals surface area contributed by atoms with Crippen LogP contribution in [0.1, 0.15) is 12.5 Å². The summed E-state index contributed by atoms with van der Waals surface area (Å²) >= 11 is 1.40. The summed E-state index contributed by atoms with van der Waals surface area (Å²) in [7, 11) is 1.64. The molecule has 0 aliphatic carbocycles. The van der Waals surface area contributed by atoms with Crippen molar-refractivity contribution in [3.8, 4) is 17.1 Å². The van der Waals surface area contributed by atoms with Gasteiger partial charge < -0.3 is 9.64 Å². The number of hydrogen-bond donors (Lipinski definition) is 0. The molecule has 6 nitrogen and oxygen atoms in total. The van der Waals surface area contributed by atoms with Gasteiger partial charge in [-0.3, -0.25) is 9.36 Å². The number of para-hydroxylation sites is 2. The SMILES string of the molecule is C=CCn1c(SCC(=O)N2c3ccccc3C[C@H]2C)nnc1-c1ccccc1OC. The van der Waals surface area contributed by atoms with Gasteiger partial charge in [-0.25, -0.2) is 0 Å². The van der Waals surface area contributed by atoms with Crippen LogP contribution in [0.4, 0.5) is 5.69 Å². The molecule has 0 unspecified atom stereocenters. The molecule has 0 fully saturated rings. The van der Waals surface area contributed by atoms with Crippen molar-refractivity contribution < 1.29 is 9.53 Å². The van der Waals surface area contributed by atoms with Crippen LogP contribution in [-0.4, -0.2) is 39.6 Å². The number of carbonyl (C=O) groups is 1. The van der Waals surface area contributed by atoms with E-state index in [-0.39, 0.29) is 11.9 Å². The van der Waals surface area contributed by atoms with Crippen LogP contribution in [0.2, 0.25) is 0 Å². The summed E-state index contributed by atoms with van der Waals surface area (Å²) in [5, 5.41) is 9.41. The second-order valence-electron chi connectivity index (χ2n) is 7.14. The standard InChI is InChI=1S/C23H24N4O2S/c1-4-13-26-22(18-10-6-8-12-20(18)29-3)24-25-23(26)30-15-21(28)27-16(2)14-17-9-5-7-11-19(17)27/h4-12,16H,1,13-15H2,2-3H3/t16-/m1/s1. The van der Waals surface area contributed by atoms with Crippen LogP contribution < -0.4 is 9.64 Å². The molecule has 0 radical (unpaired) electrons. The van der Waals surface area contributed by atoms with E-state index in [0.717, 1.165) is 23.4 Å². The van der Waals surface area contributed by atoms with Gasteiger partial charge in [0.2, 0.25) is 5.91 Å². The molecule has 0 spiro atoms. The number of anilines is 1. The summed E-state index contributed by atoms with van der Waals surface area (Å²) in [5.41, 5.74) is 3.09. The molecule has 1 atom stereocenters. The highest BCUT2D eigenvalue weighted by molar-refractivity contribution is 7.99. The number of amides is 1. The summed E-state index contributed by atoms with van der Waals surface area (Å²) in [6.07, 6.45) is 2.68. The third-order valence-corrected chi connectivity index (χ3v) is 6.13. The van der Waals surface area contributed by atoms with Crippen molar-refractivity contribution in [2.75, 3.05) is 17.8 Å². The first-order chi connectivity index (χ1) is 14.6. The maximum atomic E-state index is 13.0. The van der Waals surface area contributed by atoms with E-state index in [1.54, 1.807) is 13.2 Å². The molecule has 7 heteroatoms. The summed E-state index contributed by atoms with van der Waals surface area (Å²) in [4.78, 5) is 14.9. The molecule has 1 aliphatic rings. The number of aromatic nitrogens is 3. The maximum Gasteiger partial charge on any atom is 0.237 e. The van der Waals surface area contributed by atoms with Crippen molar-refractivity contribution in [3.05, 3.63) is 66.7 Å². The van der Waals surface area contributed by atoms with Gasteiger partial charge in [0.15, 0.2) is 11.0 Å². The van der Waals surface area contributed by atoms with E-state index in [4.69, 9.17) is 4.74 Å². The first-order valence-electron chi connectivity index (χ1n) is 9.84. The Morgan fingerprint density at radius 2 is 2.00 bits per heavy atom. The van der Waals surface area contributed by atoms with E-state index in [0.29, 0.717) is 23.3 Å². The Hall–Kier alpha value is -3.06. The summed E-state index contributed by atoms with van der Waals surface area (Å²) < 4.78 is 7.44. The van der Waals surface area contributed by atoms with Gasteiger partial charge in [0.1, 0.15) is 5.75 Å². The van der Waals surface area contributed by atoms with Crippen molar-refractivity contribution in [2.24, 2.45) is 0 Å². The van der Waals surface area contributed by atoms with E-state index in [1.807, 2.05) is 51.9 Å². The number of fused-ring (bicyclic) bond motifs is 1. The Morgan fingerprint density at radius 3 is 2.80 bits per heavy atom. The van der Waals surface area contributed by atoms with Gasteiger partial charge in [0.25, 0.3) is 0 Å². The van der Waals surface area contributed by atoms with Crippen LogP contribution in [-0.2, 0) is 17.8 Å². The molecular weight excluding hydrogens is 396 g/mol. The van der Waals surface area contributed by atoms with Crippen LogP contribution in [0.25, 0.3) is 11.4 Å². The molecule has 0 saturated carbocycles. The molecule has 2 aromatic carbocycles. The third kappa shape index (κ3) is 3.73. The minimum absolute atomic E-state index is 0.0736. The largest absolute Gasteiger partial charge is 0.496 e. The maximum absolute atomic E-state index is 13.0. The topological polar surface area (TPSA) is 60.2 Å². The number of carbonyl (C=O) groups excluding carboxylic acids is 1. The Morgan fingerprint density at radius 1 is 1.23 bits per heavy atom. The number of allylic oxidation sites excluding steroid dienone is 1. The fraction of sp³-hybridized carbons (Fsp3) is 0.261. The molecule has 0 N–H and O–H groups in total. The highest BCUT2D eigenvalue weighted by atomic mass is 32.2. The molecule has 1 aromatic heterocycles. The molecule has 154 valence electrons. The Bertz CT molecular complexity index is 1080. The predicted octanol–water partition coefficient (Wildman–Crippen LogP) is 4.21. The molecule has 0 bridgehead atoms. The van der Waals surface area contributed by atoms with Crippen LogP contribution in [0.3, 0.4) is 0 Å². The monoisotopic (exact) mass is 420 g/mol. The van der Waals surface area contributed by atoms with Gasteiger partial charge in [-0.15, -0.1) is 16.8 Å². The lowest BCUT2D eigenvalue weighted by Gasteiger charge is -2.22. The lowest BCUT2D eigenvalue weighted by Crippen LogP contribution is -2.37. The van der Waals surface area contributed by atoms with Crippen molar-refractivity contribution in [1.82, 2.24) is 14.8 Å². The second-order valence-corrected chi connectivity index (χ2v) is 8.08. The zero-order chi connectivity index (χ0) is 21.1. The number of benzene rings is 2. The van der Waals surface area contributed by atoms with Crippen LogP contribution in [0, 0.1) is 0 Å². The lowest BCUT2D eigenvalue weighted by atomic mass is 10.1. The quantitative estimate of drug-likeness (QED) is 0.423. The predicted molar refractivity (Wildman–Crippen MR) is 120 cm³/mol. The minimum atomic E-state index is 0.0736. The Labute approximate surface area is 180 Å². The summed E-state index contributed by atoms with van der Waals surface area (Å²) in [6.45, 7) is 6.48. The lowest BCUT2D eigenvalue weighted by molar-refractivity contribution is -0.116. The number of ether oxygens (including phenoxy) is 1. The fourth-order valence-corrected chi connectivity index (χ4v) is 4.67. The number of nitrogens with zero attached hydrogens (tertiary/aromatic N) is 4. The molecule has 4 rings (SSSR count). The van der Waals surface area contributed by atoms with Gasteiger partial charge in [-0.2, -0.15) is 0 Å². The van der Waals surface area contributed by atoms with Crippen molar-refractivity contribution >= 4 is 23.4 Å². The highest BCUT2D eigenvalue weighted by Gasteiger charge is 2.30. The van der Waals surface area contributed by atoms with Gasteiger partial charge in [0, 0.05) is 18.3 Å². The molecule has 2 heterocycles. The zero-order valence-corrected chi connectivity index (χ0v) is 17.9. The number of thioether (sulfide) groups is 1. The highest BCUT2D eigenvalue weighted by Crippen LogP contribution is 2.34. The number of methoxy groups -OCH3 is 1. The third-order valence-electron chi connectivity index (χ3n) is 5.18. The van der Waals surface area contributed by atoms with Crippen LogP contribution in [0.15, 0.2) is 66.3 Å². The normalized spacial score (nSPS) is 15.1. The Kier molecular flexibility index (Phi) is 5.90. The van der Waals surface area contributed by atoms with E-state index < -0.39 is 0 Å². The summed E-state index contributed by atoms with van der Waals surface area (Å²) in [5.74, 6) is 1.79. The van der Waals surface area contributed by atoms with Crippen molar-refractivity contribution in [1.29, 1.82) is 0 Å². The molecule has 1 amide bonds. The zero-order valence-electron chi connectivity index (χ0n) is 17.1. The van der Waals surface area contributed by atoms with Crippen molar-refractivity contribution in [2.45, 2.75) is 31.1 Å². The van der Waals surface area contributed by atoms with Gasteiger partial charge in [0.05, 0.1) is 18.4 Å². The molecule has 3 aromatic rings. The molecule has 30 heavy (non-hydrogen) atoms. The average Bonchev–Trinajstić information content (AvgIpc) is 3.32. The second kappa shape index (κ2) is 8.75. The van der Waals surface area contributed by atoms with E-state index in [1.165, 1.54) is 17.3 Å². The van der Waals surface area contributed by atoms with Crippen LogP contribution >= 0.6 is 11.8 Å². The van der Waals surface area contributed by atoms with E-state index in [2.05, 4.69) is 29.8 Å². The smallest absolute Gasteiger partial charge is 0.237 e. The minimum Gasteiger partial charge on any atom is -0.496 e. The molecule has 1 aliphatic heterocycles. The average molecular weight is 421 g/mol. The first-order valence-corrected chi connectivity index (χ1v) is 10.8. The molecule has 0 saturated heterocycles. The molecular formula is C23H24N4O2S. The van der Waals surface area contributed by atoms with Crippen LogP contribution in [0.5, 0.6) is 5.75 Å². The van der Waals surface area contributed by atoms with E-state index in [9.17, 15) is 4.79 Å². The number of hydrogen-bond acceptors (Lipinski definition) is 5. The van der Waals surface area contributed by atoms with Gasteiger partial charge >= 0.3 is 0 Å². The first kappa shape index (κ1) is 20.2.